The second kappa shape index (κ2) is 9.44. The number of amides is 1. The average molecular weight is 425 g/mol. The predicted molar refractivity (Wildman–Crippen MR) is 120 cm³/mol. The third-order valence-electron chi connectivity index (χ3n) is 5.76. The normalized spacial score (nSPS) is 18.7. The number of thiophene rings is 1. The van der Waals surface area contributed by atoms with Crippen LogP contribution in [0.2, 0.25) is 0 Å². The molecule has 0 radical (unpaired) electrons. The summed E-state index contributed by atoms with van der Waals surface area (Å²) < 4.78 is 5.02. The van der Waals surface area contributed by atoms with E-state index >= 15 is 0 Å². The fourth-order valence-electron chi connectivity index (χ4n) is 4.01. The first-order valence-electron chi connectivity index (χ1n) is 10.4. The molecule has 0 atom stereocenters. The largest absolute Gasteiger partial charge is 0.465 e. The number of nitriles is 1. The molecule has 0 unspecified atom stereocenters. The molecule has 6 heteroatoms. The molecule has 1 saturated carbocycles. The minimum Gasteiger partial charge on any atom is -0.465 e. The van der Waals surface area contributed by atoms with Crippen molar-refractivity contribution in [2.75, 3.05) is 12.0 Å². The molecule has 0 bridgehead atoms. The monoisotopic (exact) mass is 424 g/mol. The fraction of sp³-hybridized carbons (Fsp3) is 0.458. The first-order valence-corrected chi connectivity index (χ1v) is 11.2. The van der Waals surface area contributed by atoms with E-state index in [1.165, 1.54) is 18.4 Å². The van der Waals surface area contributed by atoms with Gasteiger partial charge in [0, 0.05) is 16.8 Å². The van der Waals surface area contributed by atoms with Crippen molar-refractivity contribution in [3.05, 3.63) is 40.8 Å². The lowest BCUT2D eigenvalue weighted by Gasteiger charge is -2.33. The molecular formula is C24H28N2O3S. The molecule has 2 aromatic rings. The summed E-state index contributed by atoms with van der Waals surface area (Å²) in [7, 11) is 1.36. The van der Waals surface area contributed by atoms with Gasteiger partial charge in [0.25, 0.3) is 0 Å². The molecule has 1 aromatic carbocycles. The van der Waals surface area contributed by atoms with Crippen LogP contribution in [0.3, 0.4) is 0 Å². The van der Waals surface area contributed by atoms with Gasteiger partial charge in [-0.25, -0.2) is 4.79 Å². The van der Waals surface area contributed by atoms with E-state index < -0.39 is 5.97 Å². The highest BCUT2D eigenvalue weighted by molar-refractivity contribution is 7.18. The second-order valence-electron chi connectivity index (χ2n) is 8.26. The molecule has 1 fully saturated rings. The van der Waals surface area contributed by atoms with E-state index in [4.69, 9.17) is 10.00 Å². The van der Waals surface area contributed by atoms with Gasteiger partial charge in [0.1, 0.15) is 4.88 Å². The molecule has 30 heavy (non-hydrogen) atoms. The minimum atomic E-state index is -0.439. The Balaban J connectivity index is 2.01. The van der Waals surface area contributed by atoms with Crippen molar-refractivity contribution in [1.82, 2.24) is 0 Å². The van der Waals surface area contributed by atoms with Gasteiger partial charge in [-0.3, -0.25) is 4.79 Å². The van der Waals surface area contributed by atoms with Gasteiger partial charge >= 0.3 is 5.97 Å². The number of anilines is 1. The van der Waals surface area contributed by atoms with Crippen LogP contribution in [0.25, 0.3) is 10.4 Å². The van der Waals surface area contributed by atoms with Crippen LogP contribution in [-0.2, 0) is 9.53 Å². The number of methoxy groups -OCH3 is 1. The van der Waals surface area contributed by atoms with Crippen LogP contribution in [0.1, 0.15) is 61.7 Å². The maximum atomic E-state index is 13.5. The van der Waals surface area contributed by atoms with Crippen LogP contribution in [0.4, 0.5) is 5.69 Å². The zero-order valence-electron chi connectivity index (χ0n) is 18.0. The van der Waals surface area contributed by atoms with Gasteiger partial charge in [0.15, 0.2) is 0 Å². The zero-order valence-corrected chi connectivity index (χ0v) is 18.8. The molecular weight excluding hydrogens is 396 g/mol. The van der Waals surface area contributed by atoms with Gasteiger partial charge in [0.05, 0.1) is 24.4 Å². The van der Waals surface area contributed by atoms with E-state index in [-0.39, 0.29) is 17.9 Å². The Morgan fingerprint density at radius 1 is 1.17 bits per heavy atom. The summed E-state index contributed by atoms with van der Waals surface area (Å²) in [5.41, 5.74) is 2.09. The smallest absolute Gasteiger partial charge is 0.350 e. The Morgan fingerprint density at radius 2 is 1.80 bits per heavy atom. The molecule has 1 amide bonds. The molecule has 1 heterocycles. The first-order chi connectivity index (χ1) is 14.3. The summed E-state index contributed by atoms with van der Waals surface area (Å²) in [5.74, 6) is 0.306. The van der Waals surface area contributed by atoms with Gasteiger partial charge in [-0.15, -0.1) is 11.3 Å². The van der Waals surface area contributed by atoms with Gasteiger partial charge in [-0.05, 0) is 69.2 Å². The number of ether oxygens (including phenoxy) is 1. The molecule has 158 valence electrons. The summed E-state index contributed by atoms with van der Waals surface area (Å²) in [6, 6.07) is 11.2. The molecule has 3 rings (SSSR count). The van der Waals surface area contributed by atoms with E-state index in [1.54, 1.807) is 17.0 Å². The number of esters is 1. The van der Waals surface area contributed by atoms with Crippen molar-refractivity contribution in [2.24, 2.45) is 11.8 Å². The SMILES string of the molecule is COC(=O)c1sc(-c2ccc(C#N)cc2)cc1N(C(=O)C1CCC(C)CC1)C(C)C. The van der Waals surface area contributed by atoms with Crippen LogP contribution >= 0.6 is 11.3 Å². The van der Waals surface area contributed by atoms with Crippen molar-refractivity contribution in [3.8, 4) is 16.5 Å². The van der Waals surface area contributed by atoms with Crippen LogP contribution in [0.5, 0.6) is 0 Å². The lowest BCUT2D eigenvalue weighted by molar-refractivity contribution is -0.123. The third-order valence-corrected chi connectivity index (χ3v) is 6.91. The first kappa shape index (κ1) is 22.0. The maximum absolute atomic E-state index is 13.5. The standard InChI is InChI=1S/C24H28N2O3S/c1-15(2)26(23(27)19-9-5-16(3)6-10-19)20-13-21(30-22(20)24(28)29-4)18-11-7-17(14-25)8-12-18/h7-8,11-13,15-16,19H,5-6,9-10H2,1-4H3. The van der Waals surface area contributed by atoms with Crippen molar-refractivity contribution in [3.63, 3.8) is 0 Å². The second-order valence-corrected chi connectivity index (χ2v) is 9.32. The number of rotatable bonds is 5. The van der Waals surface area contributed by atoms with Crippen LogP contribution in [0, 0.1) is 23.2 Å². The van der Waals surface area contributed by atoms with Crippen molar-refractivity contribution in [1.29, 1.82) is 5.26 Å². The number of carbonyl (C=O) groups excluding carboxylic acids is 2. The van der Waals surface area contributed by atoms with Gasteiger partial charge in [-0.1, -0.05) is 19.1 Å². The number of hydrogen-bond acceptors (Lipinski definition) is 5. The summed E-state index contributed by atoms with van der Waals surface area (Å²) in [6.07, 6.45) is 3.91. The molecule has 1 aliphatic rings. The minimum absolute atomic E-state index is 0.00708. The predicted octanol–water partition coefficient (Wildman–Crippen LogP) is 5.64. The maximum Gasteiger partial charge on any atom is 0.350 e. The zero-order chi connectivity index (χ0) is 21.8. The van der Waals surface area contributed by atoms with Crippen LogP contribution < -0.4 is 4.90 Å². The molecule has 1 aliphatic carbocycles. The van der Waals surface area contributed by atoms with Crippen molar-refractivity contribution >= 4 is 28.9 Å². The average Bonchev–Trinajstić information content (AvgIpc) is 3.18. The van der Waals surface area contributed by atoms with Crippen LogP contribution in [0.15, 0.2) is 30.3 Å². The van der Waals surface area contributed by atoms with E-state index in [2.05, 4.69) is 13.0 Å². The quantitative estimate of drug-likeness (QED) is 0.582. The summed E-state index contributed by atoms with van der Waals surface area (Å²) >= 11 is 1.32. The Kier molecular flexibility index (Phi) is 6.94. The van der Waals surface area contributed by atoms with Gasteiger partial charge < -0.3 is 9.64 Å². The summed E-state index contributed by atoms with van der Waals surface area (Å²) in [5, 5.41) is 9.03. The molecule has 0 spiro atoms. The third kappa shape index (κ3) is 4.57. The summed E-state index contributed by atoms with van der Waals surface area (Å²) in [6.45, 7) is 6.19. The summed E-state index contributed by atoms with van der Waals surface area (Å²) in [4.78, 5) is 29.1. The molecule has 0 aliphatic heterocycles. The number of hydrogen-bond donors (Lipinski definition) is 0. The lowest BCUT2D eigenvalue weighted by atomic mass is 9.82. The lowest BCUT2D eigenvalue weighted by Crippen LogP contribution is -2.42. The van der Waals surface area contributed by atoms with E-state index in [1.807, 2.05) is 32.0 Å². The topological polar surface area (TPSA) is 70.4 Å². The number of nitrogens with zero attached hydrogens (tertiary/aromatic N) is 2. The van der Waals surface area contributed by atoms with Crippen molar-refractivity contribution < 1.29 is 14.3 Å². The van der Waals surface area contributed by atoms with Gasteiger partial charge in [-0.2, -0.15) is 5.26 Å². The highest BCUT2D eigenvalue weighted by Gasteiger charge is 2.33. The molecule has 5 nitrogen and oxygen atoms in total. The fourth-order valence-corrected chi connectivity index (χ4v) is 5.08. The van der Waals surface area contributed by atoms with E-state index in [0.717, 1.165) is 36.1 Å². The number of benzene rings is 1. The highest BCUT2D eigenvalue weighted by atomic mass is 32.1. The Bertz CT molecular complexity index is 948. The molecule has 1 aromatic heterocycles. The van der Waals surface area contributed by atoms with E-state index in [0.29, 0.717) is 22.0 Å². The van der Waals surface area contributed by atoms with Gasteiger partial charge in [0.2, 0.25) is 5.91 Å². The van der Waals surface area contributed by atoms with Crippen LogP contribution in [-0.4, -0.2) is 25.0 Å². The highest BCUT2D eigenvalue weighted by Crippen LogP contribution is 2.40. The van der Waals surface area contributed by atoms with Crippen molar-refractivity contribution in [2.45, 2.75) is 52.5 Å². The Labute approximate surface area is 182 Å². The van der Waals surface area contributed by atoms with E-state index in [9.17, 15) is 9.59 Å². The molecule has 0 saturated heterocycles. The Morgan fingerprint density at radius 3 is 2.33 bits per heavy atom. The number of carbonyl (C=O) groups is 2. The molecule has 0 N–H and O–H groups in total. The Hall–Kier alpha value is -2.65.